The van der Waals surface area contributed by atoms with Crippen molar-refractivity contribution in [3.63, 3.8) is 0 Å². The Kier molecular flexibility index (Phi) is 6.02. The van der Waals surface area contributed by atoms with Crippen LogP contribution in [0.3, 0.4) is 0 Å². The molecule has 8 nitrogen and oxygen atoms in total. The molecule has 0 bridgehead atoms. The first kappa shape index (κ1) is 25.2. The van der Waals surface area contributed by atoms with Crippen LogP contribution in [0.1, 0.15) is 23.0 Å². The molecule has 2 aromatic heterocycles. The van der Waals surface area contributed by atoms with E-state index in [-0.39, 0.29) is 17.7 Å². The molecule has 0 radical (unpaired) electrons. The lowest BCUT2D eigenvalue weighted by Crippen LogP contribution is -2.40. The number of H-pyrrole nitrogens is 1. The molecule has 0 spiro atoms. The Balaban J connectivity index is 1.54. The zero-order valence-electron chi connectivity index (χ0n) is 18.6. The number of halogens is 5. The standard InChI is InChI=1S/C23H17ClF4N4O4S/c24-13-6-7-17-16(10-13)15-8-12(9-18(15)30-17)22(25,37(34,35)14-4-2-1-3-5-14)21-31-19(32-36-21)11-29-20(33)23(26,27)28/h1-7,10,12,30H,8-9,11H2,(H,29,33). The number of nitrogens with zero attached hydrogens (tertiary/aromatic N) is 2. The highest BCUT2D eigenvalue weighted by Gasteiger charge is 2.59. The van der Waals surface area contributed by atoms with Gasteiger partial charge in [0.15, 0.2) is 5.82 Å². The van der Waals surface area contributed by atoms with Gasteiger partial charge < -0.3 is 14.8 Å². The number of sulfone groups is 1. The van der Waals surface area contributed by atoms with Crippen LogP contribution in [0.5, 0.6) is 0 Å². The Bertz CT molecular complexity index is 1600. The fourth-order valence-corrected chi connectivity index (χ4v) is 6.46. The van der Waals surface area contributed by atoms with Gasteiger partial charge in [0.25, 0.3) is 10.9 Å². The zero-order valence-corrected chi connectivity index (χ0v) is 20.2. The SMILES string of the molecule is O=C(NCc1noc(C(F)(C2Cc3[nH]c4ccc(Cl)cc4c3C2)S(=O)(=O)c2ccccc2)n1)C(F)(F)F. The van der Waals surface area contributed by atoms with Crippen molar-refractivity contribution >= 4 is 38.2 Å². The number of benzene rings is 2. The fourth-order valence-electron chi connectivity index (χ4n) is 4.51. The topological polar surface area (TPSA) is 118 Å². The van der Waals surface area contributed by atoms with Gasteiger partial charge in [-0.05, 0) is 48.7 Å². The van der Waals surface area contributed by atoms with E-state index in [2.05, 4.69) is 15.1 Å². The van der Waals surface area contributed by atoms with Gasteiger partial charge in [-0.1, -0.05) is 35.0 Å². The summed E-state index contributed by atoms with van der Waals surface area (Å²) >= 11 is 6.12. The molecule has 1 amide bonds. The second-order valence-electron chi connectivity index (χ2n) is 8.53. The minimum atomic E-state index is -5.16. The highest BCUT2D eigenvalue weighted by Crippen LogP contribution is 2.49. The predicted octanol–water partition coefficient (Wildman–Crippen LogP) is 4.39. The van der Waals surface area contributed by atoms with Crippen LogP contribution in [0.4, 0.5) is 17.6 Å². The molecule has 4 aromatic rings. The van der Waals surface area contributed by atoms with Crippen LogP contribution in [0.15, 0.2) is 57.9 Å². The van der Waals surface area contributed by atoms with Gasteiger partial charge in [0, 0.05) is 27.5 Å². The summed E-state index contributed by atoms with van der Waals surface area (Å²) in [7, 11) is -4.81. The van der Waals surface area contributed by atoms with E-state index < -0.39 is 51.1 Å². The third-order valence-corrected chi connectivity index (χ3v) is 8.67. The van der Waals surface area contributed by atoms with Gasteiger partial charge in [-0.3, -0.25) is 4.79 Å². The second kappa shape index (κ2) is 8.84. The number of rotatable bonds is 6. The van der Waals surface area contributed by atoms with E-state index in [1.54, 1.807) is 29.6 Å². The van der Waals surface area contributed by atoms with Crippen molar-refractivity contribution < 1.29 is 35.3 Å². The summed E-state index contributed by atoms with van der Waals surface area (Å²) in [5.41, 5.74) is 2.05. The molecule has 14 heteroatoms. The summed E-state index contributed by atoms with van der Waals surface area (Å²) in [6.07, 6.45) is -5.22. The molecular formula is C23H17ClF4N4O4S. The average Bonchev–Trinajstić information content (AvgIpc) is 3.57. The zero-order chi connectivity index (χ0) is 26.6. The summed E-state index contributed by atoms with van der Waals surface area (Å²) < 4.78 is 87.0. The van der Waals surface area contributed by atoms with E-state index in [0.29, 0.717) is 21.7 Å². The lowest BCUT2D eigenvalue weighted by atomic mass is 9.98. The van der Waals surface area contributed by atoms with Crippen LogP contribution < -0.4 is 5.32 Å². The van der Waals surface area contributed by atoms with Crippen molar-refractivity contribution in [2.45, 2.75) is 35.5 Å². The summed E-state index contributed by atoms with van der Waals surface area (Å²) in [6, 6.07) is 12.0. The molecule has 2 N–H and O–H groups in total. The molecule has 0 saturated carbocycles. The van der Waals surface area contributed by atoms with Gasteiger partial charge in [-0.15, -0.1) is 0 Å². The minimum absolute atomic E-state index is 0.0270. The van der Waals surface area contributed by atoms with Crippen LogP contribution in [0, 0.1) is 5.92 Å². The van der Waals surface area contributed by atoms with Crippen LogP contribution in [-0.4, -0.2) is 35.6 Å². The first-order valence-corrected chi connectivity index (χ1v) is 12.7. The maximum absolute atomic E-state index is 17.1. The molecule has 0 aliphatic heterocycles. The molecule has 5 rings (SSSR count). The maximum atomic E-state index is 17.1. The van der Waals surface area contributed by atoms with Crippen LogP contribution in [0.2, 0.25) is 5.02 Å². The molecular weight excluding hydrogens is 540 g/mol. The van der Waals surface area contributed by atoms with Gasteiger partial charge in [-0.25, -0.2) is 12.8 Å². The molecule has 2 atom stereocenters. The summed E-state index contributed by atoms with van der Waals surface area (Å²) in [5.74, 6) is -4.95. The highest BCUT2D eigenvalue weighted by molar-refractivity contribution is 7.92. The Morgan fingerprint density at radius 3 is 2.57 bits per heavy atom. The number of alkyl halides is 4. The summed E-state index contributed by atoms with van der Waals surface area (Å²) in [5, 5.41) is 2.88. The smallest absolute Gasteiger partial charge is 0.358 e. The fraction of sp³-hybridized carbons (Fsp3) is 0.261. The van der Waals surface area contributed by atoms with Crippen molar-refractivity contribution in [1.82, 2.24) is 20.4 Å². The molecule has 194 valence electrons. The lowest BCUT2D eigenvalue weighted by Gasteiger charge is -2.27. The molecule has 2 unspecified atom stereocenters. The molecule has 0 saturated heterocycles. The monoisotopic (exact) mass is 556 g/mol. The van der Waals surface area contributed by atoms with Crippen LogP contribution in [-0.2, 0) is 39.0 Å². The largest absolute Gasteiger partial charge is 0.471 e. The molecule has 37 heavy (non-hydrogen) atoms. The number of carbonyl (C=O) groups is 1. The van der Waals surface area contributed by atoms with E-state index in [1.807, 2.05) is 0 Å². The van der Waals surface area contributed by atoms with E-state index in [9.17, 15) is 26.4 Å². The first-order valence-electron chi connectivity index (χ1n) is 10.9. The van der Waals surface area contributed by atoms with Gasteiger partial charge in [-0.2, -0.15) is 18.2 Å². The third-order valence-electron chi connectivity index (χ3n) is 6.25. The quantitative estimate of drug-likeness (QED) is 0.340. The number of carbonyl (C=O) groups excluding carboxylic acids is 1. The molecule has 1 aliphatic carbocycles. The molecule has 0 fully saturated rings. The number of nitrogens with one attached hydrogen (secondary N) is 2. The average molecular weight is 557 g/mol. The first-order chi connectivity index (χ1) is 17.4. The van der Waals surface area contributed by atoms with Crippen LogP contribution in [0.25, 0.3) is 10.9 Å². The molecule has 2 aromatic carbocycles. The Hall–Kier alpha value is -3.45. The van der Waals surface area contributed by atoms with E-state index in [0.717, 1.165) is 5.52 Å². The third kappa shape index (κ3) is 4.25. The summed E-state index contributed by atoms with van der Waals surface area (Å²) in [4.78, 5) is 17.7. The normalized spacial score (nSPS) is 17.5. The van der Waals surface area contributed by atoms with Crippen molar-refractivity contribution in [3.05, 3.63) is 76.5 Å². The lowest BCUT2D eigenvalue weighted by molar-refractivity contribution is -0.173. The van der Waals surface area contributed by atoms with Crippen molar-refractivity contribution in [1.29, 1.82) is 0 Å². The van der Waals surface area contributed by atoms with E-state index in [4.69, 9.17) is 16.1 Å². The van der Waals surface area contributed by atoms with Crippen molar-refractivity contribution in [2.24, 2.45) is 5.92 Å². The number of aromatic nitrogens is 3. The van der Waals surface area contributed by atoms with E-state index in [1.165, 1.54) is 24.3 Å². The van der Waals surface area contributed by atoms with Gasteiger partial charge in [0.05, 0.1) is 11.4 Å². The van der Waals surface area contributed by atoms with Gasteiger partial charge >= 0.3 is 12.1 Å². The minimum Gasteiger partial charge on any atom is -0.358 e. The number of hydrogen-bond acceptors (Lipinski definition) is 6. The number of hydrogen-bond donors (Lipinski definition) is 2. The van der Waals surface area contributed by atoms with Crippen LogP contribution >= 0.6 is 11.6 Å². The van der Waals surface area contributed by atoms with Gasteiger partial charge in [0.1, 0.15) is 0 Å². The number of amides is 1. The predicted molar refractivity (Wildman–Crippen MR) is 123 cm³/mol. The second-order valence-corrected chi connectivity index (χ2v) is 11.0. The van der Waals surface area contributed by atoms with Crippen molar-refractivity contribution in [3.8, 4) is 0 Å². The summed E-state index contributed by atoms with van der Waals surface area (Å²) in [6.45, 7) is -0.851. The Morgan fingerprint density at radius 2 is 1.86 bits per heavy atom. The maximum Gasteiger partial charge on any atom is 0.471 e. The van der Waals surface area contributed by atoms with Gasteiger partial charge in [0.2, 0.25) is 9.84 Å². The Labute approximate surface area is 211 Å². The Morgan fingerprint density at radius 1 is 1.14 bits per heavy atom. The number of fused-ring (bicyclic) bond motifs is 3. The molecule has 2 heterocycles. The molecule has 1 aliphatic rings. The number of aromatic amines is 1. The van der Waals surface area contributed by atoms with Crippen molar-refractivity contribution in [2.75, 3.05) is 0 Å². The highest BCUT2D eigenvalue weighted by atomic mass is 35.5. The van der Waals surface area contributed by atoms with E-state index >= 15 is 4.39 Å².